The summed E-state index contributed by atoms with van der Waals surface area (Å²) in [6.07, 6.45) is 11.5. The van der Waals surface area contributed by atoms with Crippen LogP contribution in [0.25, 0.3) is 0 Å². The molecule has 0 spiro atoms. The Kier molecular flexibility index (Phi) is 4.65. The van der Waals surface area contributed by atoms with Gasteiger partial charge in [-0.05, 0) is 25.7 Å². The van der Waals surface area contributed by atoms with Gasteiger partial charge < -0.3 is 10.2 Å². The Balaban J connectivity index is 1.33. The maximum Gasteiger partial charge on any atom is 0.225 e. The van der Waals surface area contributed by atoms with Gasteiger partial charge in [0.2, 0.25) is 11.8 Å². The molecule has 0 bridgehead atoms. The molecule has 2 amide bonds. The molecule has 0 aromatic carbocycles. The second kappa shape index (κ2) is 6.69. The van der Waals surface area contributed by atoms with Crippen LogP contribution in [-0.4, -0.2) is 41.5 Å². The Morgan fingerprint density at radius 2 is 1.87 bits per heavy atom. The van der Waals surface area contributed by atoms with Crippen molar-refractivity contribution in [2.75, 3.05) is 13.1 Å². The third kappa shape index (κ3) is 4.31. The number of piperidine rings is 1. The van der Waals surface area contributed by atoms with Gasteiger partial charge in [-0.2, -0.15) is 10.2 Å². The van der Waals surface area contributed by atoms with Crippen LogP contribution < -0.4 is 5.32 Å². The molecule has 1 aliphatic carbocycles. The fourth-order valence-electron chi connectivity index (χ4n) is 3.11. The topological polar surface area (TPSA) is 74.1 Å². The Hall–Kier alpha value is -1.90. The average molecular weight is 316 g/mol. The van der Waals surface area contributed by atoms with Crippen LogP contribution >= 0.6 is 0 Å². The maximum atomic E-state index is 12.1. The monoisotopic (exact) mass is 316 g/mol. The molecule has 0 unspecified atom stereocenters. The van der Waals surface area contributed by atoms with Crippen LogP contribution in [0.3, 0.4) is 0 Å². The second-order valence-electron chi connectivity index (χ2n) is 6.83. The van der Waals surface area contributed by atoms with E-state index in [2.05, 4.69) is 21.5 Å². The summed E-state index contributed by atoms with van der Waals surface area (Å²) in [6.45, 7) is 1.52. The summed E-state index contributed by atoms with van der Waals surface area (Å²) in [5.74, 6) is 3.23. The number of hydrogen-bond donors (Lipinski definition) is 1. The normalized spacial score (nSPS) is 22.5. The molecule has 1 saturated heterocycles. The van der Waals surface area contributed by atoms with Crippen LogP contribution in [0.15, 0.2) is 10.2 Å². The van der Waals surface area contributed by atoms with Gasteiger partial charge in [-0.1, -0.05) is 0 Å². The molecule has 0 aromatic heterocycles. The van der Waals surface area contributed by atoms with Crippen molar-refractivity contribution in [2.45, 2.75) is 63.1 Å². The molecule has 1 saturated carbocycles. The molecule has 6 heteroatoms. The van der Waals surface area contributed by atoms with E-state index in [1.54, 1.807) is 0 Å². The highest BCUT2D eigenvalue weighted by molar-refractivity contribution is 5.81. The fraction of sp³-hybridized carbons (Fsp3) is 0.765. The van der Waals surface area contributed by atoms with Gasteiger partial charge >= 0.3 is 0 Å². The van der Waals surface area contributed by atoms with Crippen molar-refractivity contribution in [1.82, 2.24) is 10.2 Å². The highest BCUT2D eigenvalue weighted by Gasteiger charge is 2.39. The first-order valence-corrected chi connectivity index (χ1v) is 8.57. The zero-order valence-electron chi connectivity index (χ0n) is 13.5. The molecule has 2 fully saturated rings. The van der Waals surface area contributed by atoms with Crippen LogP contribution in [0.2, 0.25) is 0 Å². The minimum Gasteiger partial charge on any atom is -0.353 e. The van der Waals surface area contributed by atoms with Gasteiger partial charge in [0.1, 0.15) is 0 Å². The molecule has 0 aromatic rings. The van der Waals surface area contributed by atoms with E-state index in [-0.39, 0.29) is 23.5 Å². The minimum atomic E-state index is -0.385. The lowest BCUT2D eigenvalue weighted by atomic mass is 10.0. The molecule has 1 N–H and O–H groups in total. The summed E-state index contributed by atoms with van der Waals surface area (Å²) < 4.78 is 0. The Labute approximate surface area is 137 Å². The van der Waals surface area contributed by atoms with Crippen molar-refractivity contribution in [3.05, 3.63) is 0 Å². The van der Waals surface area contributed by atoms with Gasteiger partial charge in [0.15, 0.2) is 5.66 Å². The Morgan fingerprint density at radius 3 is 2.43 bits per heavy atom. The number of amides is 2. The number of rotatable bonds is 7. The fourth-order valence-corrected chi connectivity index (χ4v) is 3.11. The molecule has 2 aliphatic heterocycles. The minimum absolute atomic E-state index is 0.0503. The quantitative estimate of drug-likeness (QED) is 0.728. The Bertz CT molecular complexity index is 533. The van der Waals surface area contributed by atoms with E-state index in [4.69, 9.17) is 6.42 Å². The van der Waals surface area contributed by atoms with Crippen LogP contribution in [0.4, 0.5) is 0 Å². The van der Waals surface area contributed by atoms with Crippen LogP contribution in [0, 0.1) is 18.3 Å². The molecule has 0 radical (unpaired) electrons. The summed E-state index contributed by atoms with van der Waals surface area (Å²) in [6, 6.07) is 0.181. The van der Waals surface area contributed by atoms with Gasteiger partial charge in [0.25, 0.3) is 0 Å². The zero-order valence-corrected chi connectivity index (χ0v) is 13.5. The molecule has 23 heavy (non-hydrogen) atoms. The highest BCUT2D eigenvalue weighted by Crippen LogP contribution is 2.37. The van der Waals surface area contributed by atoms with Crippen molar-refractivity contribution in [2.24, 2.45) is 16.1 Å². The van der Waals surface area contributed by atoms with Crippen molar-refractivity contribution in [3.63, 3.8) is 0 Å². The summed E-state index contributed by atoms with van der Waals surface area (Å²) in [5.41, 5.74) is -0.385. The predicted octanol–water partition coefficient (Wildman–Crippen LogP) is 1.86. The molecular weight excluding hydrogens is 292 g/mol. The summed E-state index contributed by atoms with van der Waals surface area (Å²) in [7, 11) is 0. The molecule has 0 atom stereocenters. The van der Waals surface area contributed by atoms with Gasteiger partial charge in [-0.15, -0.1) is 12.3 Å². The summed E-state index contributed by atoms with van der Waals surface area (Å²) in [5, 5.41) is 11.2. The largest absolute Gasteiger partial charge is 0.353 e. The molecule has 124 valence electrons. The number of carbonyl (C=O) groups is 2. The van der Waals surface area contributed by atoms with Crippen molar-refractivity contribution in [3.8, 4) is 12.3 Å². The number of terminal acetylenes is 1. The lowest BCUT2D eigenvalue weighted by Gasteiger charge is -2.32. The summed E-state index contributed by atoms with van der Waals surface area (Å²) in [4.78, 5) is 26.0. The SMILES string of the molecule is C#CCCC1(CCC(=O)NC2CCN(C(=O)C3CC3)CC2)N=N1. The van der Waals surface area contributed by atoms with Crippen LogP contribution in [0.5, 0.6) is 0 Å². The van der Waals surface area contributed by atoms with Crippen molar-refractivity contribution < 1.29 is 9.59 Å². The number of hydrogen-bond acceptors (Lipinski definition) is 4. The number of nitrogens with zero attached hydrogens (tertiary/aromatic N) is 3. The van der Waals surface area contributed by atoms with E-state index in [1.165, 1.54) is 0 Å². The third-order valence-electron chi connectivity index (χ3n) is 4.90. The first-order valence-electron chi connectivity index (χ1n) is 8.57. The Morgan fingerprint density at radius 1 is 1.17 bits per heavy atom. The second-order valence-corrected chi connectivity index (χ2v) is 6.83. The smallest absolute Gasteiger partial charge is 0.225 e. The van der Waals surface area contributed by atoms with Gasteiger partial charge in [0.05, 0.1) is 0 Å². The van der Waals surface area contributed by atoms with E-state index >= 15 is 0 Å². The maximum absolute atomic E-state index is 12.1. The van der Waals surface area contributed by atoms with Gasteiger partial charge in [0, 0.05) is 50.7 Å². The third-order valence-corrected chi connectivity index (χ3v) is 4.90. The van der Waals surface area contributed by atoms with Crippen molar-refractivity contribution in [1.29, 1.82) is 0 Å². The van der Waals surface area contributed by atoms with E-state index in [0.29, 0.717) is 25.2 Å². The first-order chi connectivity index (χ1) is 11.1. The lowest BCUT2D eigenvalue weighted by molar-refractivity contribution is -0.133. The molecule has 6 nitrogen and oxygen atoms in total. The number of carbonyl (C=O) groups excluding carboxylic acids is 2. The number of likely N-dealkylation sites (tertiary alicyclic amines) is 1. The average Bonchev–Trinajstić information content (AvgIpc) is 3.47. The molecule has 3 rings (SSSR count). The standard InChI is InChI=1S/C17H24N4O2/c1-2-3-9-17(19-20-17)10-6-15(22)18-14-7-11-21(12-8-14)16(23)13-4-5-13/h1,13-14H,3-12H2,(H,18,22). The molecule has 3 aliphatic rings. The van der Waals surface area contributed by atoms with Crippen LogP contribution in [0.1, 0.15) is 51.4 Å². The predicted molar refractivity (Wildman–Crippen MR) is 85.4 cm³/mol. The van der Waals surface area contributed by atoms with Crippen molar-refractivity contribution >= 4 is 11.8 Å². The zero-order chi connectivity index (χ0) is 16.3. The van der Waals surface area contributed by atoms with Gasteiger partial charge in [-0.25, -0.2) is 0 Å². The highest BCUT2D eigenvalue weighted by atomic mass is 16.2. The van der Waals surface area contributed by atoms with E-state index < -0.39 is 0 Å². The summed E-state index contributed by atoms with van der Waals surface area (Å²) >= 11 is 0. The van der Waals surface area contributed by atoms with Crippen LogP contribution in [-0.2, 0) is 9.59 Å². The lowest BCUT2D eigenvalue weighted by Crippen LogP contribution is -2.47. The molecular formula is C17H24N4O2. The van der Waals surface area contributed by atoms with Gasteiger partial charge in [-0.3, -0.25) is 9.59 Å². The van der Waals surface area contributed by atoms with E-state index in [0.717, 1.165) is 45.2 Å². The van der Waals surface area contributed by atoms with E-state index in [9.17, 15) is 9.59 Å². The first kappa shape index (κ1) is 16.0. The number of nitrogens with one attached hydrogen (secondary N) is 1. The molecule has 2 heterocycles. The van der Waals surface area contributed by atoms with E-state index in [1.807, 2.05) is 4.90 Å².